The highest BCUT2D eigenvalue weighted by Gasteiger charge is 2.25. The van der Waals surface area contributed by atoms with Crippen molar-refractivity contribution in [3.8, 4) is 22.7 Å². The van der Waals surface area contributed by atoms with E-state index >= 15 is 8.78 Å². The third kappa shape index (κ3) is 4.82. The lowest BCUT2D eigenvalue weighted by molar-refractivity contribution is 0.0588. The molecular formula is C25H17ClF4N4O4. The van der Waals surface area contributed by atoms with Gasteiger partial charge in [-0.2, -0.15) is 0 Å². The Balaban J connectivity index is 1.80. The minimum Gasteiger partial charge on any atom is -0.485 e. The summed E-state index contributed by atoms with van der Waals surface area (Å²) in [5, 5.41) is -0.460. The van der Waals surface area contributed by atoms with Crippen LogP contribution in [0.5, 0.6) is 5.75 Å². The normalized spacial score (nSPS) is 10.9. The Labute approximate surface area is 217 Å². The van der Waals surface area contributed by atoms with Crippen LogP contribution in [0.1, 0.15) is 27.4 Å². The first-order valence-electron chi connectivity index (χ1n) is 10.8. The Morgan fingerprint density at radius 1 is 1.05 bits per heavy atom. The van der Waals surface area contributed by atoms with Crippen molar-refractivity contribution in [1.29, 1.82) is 0 Å². The Bertz CT molecular complexity index is 1650. The molecule has 8 nitrogen and oxygen atoms in total. The second-order valence-corrected chi connectivity index (χ2v) is 8.32. The van der Waals surface area contributed by atoms with Gasteiger partial charge < -0.3 is 9.47 Å². The molecule has 4 aromatic heterocycles. The highest BCUT2D eigenvalue weighted by Crippen LogP contribution is 2.31. The first-order chi connectivity index (χ1) is 18.0. The largest absolute Gasteiger partial charge is 0.485 e. The minimum absolute atomic E-state index is 0.147. The van der Waals surface area contributed by atoms with Gasteiger partial charge >= 0.3 is 5.97 Å². The number of rotatable bonds is 6. The number of methoxy groups -OCH3 is 1. The highest BCUT2D eigenvalue weighted by atomic mass is 35.5. The number of aromatic nitrogens is 4. The summed E-state index contributed by atoms with van der Waals surface area (Å²) in [6, 6.07) is 3.06. The summed E-state index contributed by atoms with van der Waals surface area (Å²) in [6.45, 7) is 2.47. The number of esters is 1. The smallest absolute Gasteiger partial charge is 0.359 e. The summed E-state index contributed by atoms with van der Waals surface area (Å²) in [5.74, 6) is -5.27. The Morgan fingerprint density at radius 3 is 2.47 bits per heavy atom. The van der Waals surface area contributed by atoms with Crippen LogP contribution in [-0.4, -0.2) is 32.6 Å². The van der Waals surface area contributed by atoms with Gasteiger partial charge in [0, 0.05) is 35.8 Å². The molecule has 0 radical (unpaired) electrons. The van der Waals surface area contributed by atoms with Gasteiger partial charge in [-0.05, 0) is 25.5 Å². The predicted molar refractivity (Wildman–Crippen MR) is 127 cm³/mol. The van der Waals surface area contributed by atoms with Crippen LogP contribution in [0.4, 0.5) is 17.6 Å². The van der Waals surface area contributed by atoms with E-state index in [1.807, 2.05) is 0 Å². The number of ether oxygens (including phenoxy) is 2. The maximum absolute atomic E-state index is 15.9. The van der Waals surface area contributed by atoms with E-state index in [0.717, 1.165) is 30.1 Å². The van der Waals surface area contributed by atoms with Crippen molar-refractivity contribution in [3.63, 3.8) is 0 Å². The number of carbonyl (C=O) groups is 1. The lowest BCUT2D eigenvalue weighted by Crippen LogP contribution is -2.24. The standard InChI is InChI=1S/C25H17ClF4N4O4/c1-11-8-33-21(14-4-5-31-22(19(14)29)25(36)37-3)20(30)23(11)34-12(2)6-17(18(26)24(34)35)38-10-16-15(28)7-13(27)9-32-16/h4-9H,10H2,1-3H3. The topological polar surface area (TPSA) is 96.2 Å². The zero-order valence-corrected chi connectivity index (χ0v) is 20.7. The van der Waals surface area contributed by atoms with Crippen LogP contribution in [0.25, 0.3) is 16.9 Å². The van der Waals surface area contributed by atoms with Crippen molar-refractivity contribution in [3.05, 3.63) is 98.1 Å². The third-order valence-electron chi connectivity index (χ3n) is 5.47. The molecule has 196 valence electrons. The number of pyridine rings is 4. The summed E-state index contributed by atoms with van der Waals surface area (Å²) >= 11 is 6.22. The van der Waals surface area contributed by atoms with E-state index in [1.54, 1.807) is 0 Å². The van der Waals surface area contributed by atoms with Crippen LogP contribution in [-0.2, 0) is 11.3 Å². The van der Waals surface area contributed by atoms with E-state index < -0.39 is 57.8 Å². The number of hydrogen-bond donors (Lipinski definition) is 0. The Kier molecular flexibility index (Phi) is 7.44. The molecule has 0 aromatic carbocycles. The first-order valence-corrected chi connectivity index (χ1v) is 11.2. The predicted octanol–water partition coefficient (Wildman–Crippen LogP) is 4.88. The fourth-order valence-electron chi connectivity index (χ4n) is 3.65. The van der Waals surface area contributed by atoms with Gasteiger partial charge in [0.1, 0.15) is 34.6 Å². The molecule has 0 fully saturated rings. The van der Waals surface area contributed by atoms with E-state index in [0.29, 0.717) is 6.07 Å². The van der Waals surface area contributed by atoms with E-state index in [2.05, 4.69) is 19.7 Å². The molecule has 0 N–H and O–H groups in total. The van der Waals surface area contributed by atoms with E-state index in [4.69, 9.17) is 16.3 Å². The molecule has 4 heterocycles. The van der Waals surface area contributed by atoms with Crippen LogP contribution in [0.3, 0.4) is 0 Å². The van der Waals surface area contributed by atoms with E-state index in [1.165, 1.54) is 26.1 Å². The van der Waals surface area contributed by atoms with E-state index in [9.17, 15) is 18.4 Å². The quantitative estimate of drug-likeness (QED) is 0.250. The van der Waals surface area contributed by atoms with Crippen molar-refractivity contribution in [1.82, 2.24) is 19.5 Å². The molecular weight excluding hydrogens is 532 g/mol. The van der Waals surface area contributed by atoms with Gasteiger partial charge in [-0.1, -0.05) is 11.6 Å². The fraction of sp³-hybridized carbons (Fsp3) is 0.160. The maximum atomic E-state index is 15.9. The summed E-state index contributed by atoms with van der Waals surface area (Å²) < 4.78 is 68.8. The third-order valence-corrected chi connectivity index (χ3v) is 5.82. The number of aryl methyl sites for hydroxylation is 2. The van der Waals surface area contributed by atoms with Gasteiger partial charge in [-0.25, -0.2) is 27.3 Å². The van der Waals surface area contributed by atoms with Gasteiger partial charge in [0.15, 0.2) is 23.1 Å². The molecule has 0 aliphatic rings. The molecule has 4 aromatic rings. The van der Waals surface area contributed by atoms with Crippen molar-refractivity contribution >= 4 is 17.6 Å². The molecule has 0 bridgehead atoms. The highest BCUT2D eigenvalue weighted by molar-refractivity contribution is 6.31. The first kappa shape index (κ1) is 26.7. The lowest BCUT2D eigenvalue weighted by Gasteiger charge is -2.18. The lowest BCUT2D eigenvalue weighted by atomic mass is 10.1. The molecule has 0 amide bonds. The average molecular weight is 549 g/mol. The molecule has 4 rings (SSSR count). The molecule has 0 aliphatic heterocycles. The number of hydrogen-bond acceptors (Lipinski definition) is 7. The van der Waals surface area contributed by atoms with Gasteiger partial charge in [0.25, 0.3) is 5.56 Å². The van der Waals surface area contributed by atoms with Gasteiger partial charge in [0.2, 0.25) is 0 Å². The number of halogens is 5. The monoisotopic (exact) mass is 548 g/mol. The second-order valence-electron chi connectivity index (χ2n) is 7.94. The summed E-state index contributed by atoms with van der Waals surface area (Å²) in [4.78, 5) is 36.2. The Morgan fingerprint density at radius 2 is 1.79 bits per heavy atom. The number of carbonyl (C=O) groups excluding carboxylic acids is 1. The summed E-state index contributed by atoms with van der Waals surface area (Å²) in [7, 11) is 1.04. The second kappa shape index (κ2) is 10.6. The Hall–Kier alpha value is -4.32. The van der Waals surface area contributed by atoms with Crippen LogP contribution >= 0.6 is 11.6 Å². The average Bonchev–Trinajstić information content (AvgIpc) is 2.88. The number of nitrogens with zero attached hydrogens (tertiary/aromatic N) is 4. The summed E-state index contributed by atoms with van der Waals surface area (Å²) in [5.41, 5.74) is -2.56. The van der Waals surface area contributed by atoms with Gasteiger partial charge in [-0.15, -0.1) is 0 Å². The molecule has 0 aliphatic carbocycles. The van der Waals surface area contributed by atoms with Crippen molar-refractivity contribution in [2.75, 3.05) is 7.11 Å². The molecule has 0 unspecified atom stereocenters. The molecule has 0 saturated heterocycles. The van der Waals surface area contributed by atoms with Crippen LogP contribution in [0.2, 0.25) is 5.02 Å². The molecule has 38 heavy (non-hydrogen) atoms. The van der Waals surface area contributed by atoms with Crippen LogP contribution in [0.15, 0.2) is 41.6 Å². The summed E-state index contributed by atoms with van der Waals surface area (Å²) in [6.07, 6.45) is 3.11. The van der Waals surface area contributed by atoms with E-state index in [-0.39, 0.29) is 34.0 Å². The molecule has 13 heteroatoms. The van der Waals surface area contributed by atoms with Gasteiger partial charge in [-0.3, -0.25) is 19.3 Å². The maximum Gasteiger partial charge on any atom is 0.359 e. The van der Waals surface area contributed by atoms with Gasteiger partial charge in [0.05, 0.1) is 19.0 Å². The van der Waals surface area contributed by atoms with Crippen LogP contribution < -0.4 is 10.3 Å². The van der Waals surface area contributed by atoms with Crippen molar-refractivity contribution < 1.29 is 31.8 Å². The van der Waals surface area contributed by atoms with Crippen molar-refractivity contribution in [2.24, 2.45) is 0 Å². The fourth-order valence-corrected chi connectivity index (χ4v) is 3.85. The van der Waals surface area contributed by atoms with Crippen LogP contribution in [0, 0.1) is 37.1 Å². The zero-order chi connectivity index (χ0) is 27.7. The minimum atomic E-state index is -1.16. The zero-order valence-electron chi connectivity index (χ0n) is 20.0. The molecule has 0 saturated carbocycles. The van der Waals surface area contributed by atoms with Crippen molar-refractivity contribution in [2.45, 2.75) is 20.5 Å². The molecule has 0 spiro atoms. The molecule has 0 atom stereocenters. The SMILES string of the molecule is COC(=O)c1nccc(-c2ncc(C)c(-n3c(C)cc(OCc4ncc(F)cc4F)c(Cl)c3=O)c2F)c1F.